The van der Waals surface area contributed by atoms with E-state index in [2.05, 4.69) is 39.9 Å². The number of nitrogens with zero attached hydrogens (tertiary/aromatic N) is 5. The molecule has 1 N–H and O–H groups in total. The van der Waals surface area contributed by atoms with Gasteiger partial charge in [0.05, 0.1) is 16.8 Å². The number of carbonyl (C=O) groups is 3. The predicted octanol–water partition coefficient (Wildman–Crippen LogP) is 8.87. The summed E-state index contributed by atoms with van der Waals surface area (Å²) in [6.07, 6.45) is -0.534. The standard InChI is InChI=1S/C41H51N5O6Si/c1-25-32(22-36(44(25)10)33-19-27-17-18-45(39(49)50)24-28(27)20-34(33)38(48)51-40(3,4)5)37(47)46(35-21-30(23-42)43(9)26(35)2)29-13-15-31(16-14-29)52-53(11,12)41(6,7)8/h13-16,19-22H,17-18,24H2,1-12H3,(H,49,50). The highest BCUT2D eigenvalue weighted by Gasteiger charge is 2.39. The minimum atomic E-state index is -2.12. The number of ether oxygens (including phenoxy) is 1. The fourth-order valence-corrected chi connectivity index (χ4v) is 7.31. The molecule has 5 rings (SSSR count). The maximum atomic E-state index is 15.0. The van der Waals surface area contributed by atoms with E-state index < -0.39 is 26.0 Å². The Bertz CT molecular complexity index is 2140. The van der Waals surface area contributed by atoms with Gasteiger partial charge in [-0.2, -0.15) is 5.26 Å². The van der Waals surface area contributed by atoms with Crippen LogP contribution < -0.4 is 9.33 Å². The molecule has 11 nitrogen and oxygen atoms in total. The second-order valence-corrected chi connectivity index (χ2v) is 21.1. The molecule has 0 saturated heterocycles. The molecule has 0 saturated carbocycles. The van der Waals surface area contributed by atoms with Crippen LogP contribution in [-0.4, -0.2) is 57.6 Å². The van der Waals surface area contributed by atoms with Crippen LogP contribution in [0, 0.1) is 25.2 Å². The Morgan fingerprint density at radius 1 is 0.887 bits per heavy atom. The molecular weight excluding hydrogens is 687 g/mol. The van der Waals surface area contributed by atoms with Crippen molar-refractivity contribution < 1.29 is 28.7 Å². The number of benzene rings is 2. The summed E-state index contributed by atoms with van der Waals surface area (Å²) in [6, 6.07) is 16.9. The molecule has 280 valence electrons. The minimum absolute atomic E-state index is 0.00524. The molecular formula is C41H51N5O6Si. The van der Waals surface area contributed by atoms with E-state index >= 15 is 0 Å². The first-order valence-corrected chi connectivity index (χ1v) is 20.7. The first kappa shape index (κ1) is 38.9. The maximum Gasteiger partial charge on any atom is 0.407 e. The summed E-state index contributed by atoms with van der Waals surface area (Å²) in [4.78, 5) is 43.5. The van der Waals surface area contributed by atoms with Crippen LogP contribution in [0.1, 0.15) is 90.5 Å². The van der Waals surface area contributed by atoms with E-state index in [1.807, 2.05) is 55.8 Å². The molecule has 12 heteroatoms. The van der Waals surface area contributed by atoms with Crippen LogP contribution in [0.3, 0.4) is 0 Å². The average molecular weight is 738 g/mol. The lowest BCUT2D eigenvalue weighted by Crippen LogP contribution is -2.43. The monoisotopic (exact) mass is 737 g/mol. The van der Waals surface area contributed by atoms with Crippen molar-refractivity contribution in [1.82, 2.24) is 14.0 Å². The zero-order chi connectivity index (χ0) is 39.4. The van der Waals surface area contributed by atoms with Crippen LogP contribution in [0.15, 0.2) is 48.5 Å². The molecule has 4 aromatic rings. The van der Waals surface area contributed by atoms with Crippen molar-refractivity contribution in [2.75, 3.05) is 11.4 Å². The van der Waals surface area contributed by atoms with Gasteiger partial charge in [-0.15, -0.1) is 0 Å². The topological polar surface area (TPSA) is 130 Å². The fourth-order valence-electron chi connectivity index (χ4n) is 6.27. The minimum Gasteiger partial charge on any atom is -0.544 e. The van der Waals surface area contributed by atoms with Crippen molar-refractivity contribution in [2.45, 2.75) is 92.1 Å². The maximum absolute atomic E-state index is 15.0. The Hall–Kier alpha value is -5.28. The van der Waals surface area contributed by atoms with Gasteiger partial charge in [-0.05, 0) is 119 Å². The van der Waals surface area contributed by atoms with E-state index in [0.29, 0.717) is 52.5 Å². The van der Waals surface area contributed by atoms with E-state index in [1.165, 1.54) is 4.90 Å². The van der Waals surface area contributed by atoms with E-state index in [9.17, 15) is 24.8 Å². The quantitative estimate of drug-likeness (QED) is 0.148. The number of hydrogen-bond acceptors (Lipinski definition) is 6. The second-order valence-electron chi connectivity index (χ2n) is 16.4. The zero-order valence-electron chi connectivity index (χ0n) is 33.0. The van der Waals surface area contributed by atoms with Crippen LogP contribution in [0.5, 0.6) is 5.75 Å². The predicted molar refractivity (Wildman–Crippen MR) is 208 cm³/mol. The first-order valence-electron chi connectivity index (χ1n) is 17.8. The molecule has 0 aliphatic carbocycles. The highest BCUT2D eigenvalue weighted by molar-refractivity contribution is 6.74. The summed E-state index contributed by atoms with van der Waals surface area (Å²) < 4.78 is 16.0. The van der Waals surface area contributed by atoms with Crippen LogP contribution in [0.25, 0.3) is 11.3 Å². The molecule has 1 aliphatic heterocycles. The van der Waals surface area contributed by atoms with Crippen molar-refractivity contribution >= 4 is 37.7 Å². The molecule has 3 heterocycles. The van der Waals surface area contributed by atoms with Gasteiger partial charge in [0, 0.05) is 55.5 Å². The summed E-state index contributed by atoms with van der Waals surface area (Å²) in [6.45, 7) is 20.5. The molecule has 2 amide bonds. The molecule has 53 heavy (non-hydrogen) atoms. The van der Waals surface area contributed by atoms with Gasteiger partial charge < -0.3 is 28.3 Å². The summed E-state index contributed by atoms with van der Waals surface area (Å²) in [7, 11) is 1.53. The van der Waals surface area contributed by atoms with Crippen LogP contribution in [0.4, 0.5) is 16.2 Å². The number of nitriles is 1. The highest BCUT2D eigenvalue weighted by atomic mass is 28.4. The molecule has 2 aromatic carbocycles. The normalized spacial score (nSPS) is 13.3. The molecule has 0 atom stereocenters. The molecule has 0 fully saturated rings. The number of fused-ring (bicyclic) bond motifs is 1. The number of anilines is 2. The van der Waals surface area contributed by atoms with Crippen molar-refractivity contribution in [3.8, 4) is 23.1 Å². The van der Waals surface area contributed by atoms with E-state index in [4.69, 9.17) is 9.16 Å². The van der Waals surface area contributed by atoms with Crippen LogP contribution in [-0.2, 0) is 31.8 Å². The molecule has 0 radical (unpaired) electrons. The van der Waals surface area contributed by atoms with Gasteiger partial charge in [0.25, 0.3) is 5.91 Å². The Morgan fingerprint density at radius 3 is 2.08 bits per heavy atom. The van der Waals surface area contributed by atoms with E-state index in [0.717, 1.165) is 22.6 Å². The van der Waals surface area contributed by atoms with Gasteiger partial charge in [-0.3, -0.25) is 9.69 Å². The lowest BCUT2D eigenvalue weighted by atomic mass is 9.92. The number of esters is 1. The Morgan fingerprint density at radius 2 is 1.53 bits per heavy atom. The SMILES string of the molecule is Cc1c(N(C(=O)c2cc(-c3cc4c(cc3C(=O)OC(C)(C)C)CN(C(=O)O)CC4)n(C)c2C)c2ccc(O[Si](C)(C)C(C)(C)C)cc2)cc(C#N)n1C. The largest absolute Gasteiger partial charge is 0.544 e. The van der Waals surface area contributed by atoms with Crippen LogP contribution >= 0.6 is 0 Å². The van der Waals surface area contributed by atoms with Crippen molar-refractivity contribution in [3.05, 3.63) is 87.9 Å². The molecule has 0 spiro atoms. The number of hydrogen-bond donors (Lipinski definition) is 1. The lowest BCUT2D eigenvalue weighted by molar-refractivity contribution is 0.00700. The average Bonchev–Trinajstić information content (AvgIpc) is 3.52. The number of rotatable bonds is 7. The number of carboxylic acid groups (broad SMARTS) is 1. The van der Waals surface area contributed by atoms with E-state index in [-0.39, 0.29) is 23.1 Å². The van der Waals surface area contributed by atoms with Crippen molar-refractivity contribution in [1.29, 1.82) is 5.26 Å². The van der Waals surface area contributed by atoms with Gasteiger partial charge in [0.2, 0.25) is 8.32 Å². The van der Waals surface area contributed by atoms with E-state index in [1.54, 1.807) is 55.5 Å². The van der Waals surface area contributed by atoms with Gasteiger partial charge in [0.15, 0.2) is 0 Å². The zero-order valence-corrected chi connectivity index (χ0v) is 34.0. The third-order valence-corrected chi connectivity index (χ3v) is 15.0. The summed E-state index contributed by atoms with van der Waals surface area (Å²) in [5.41, 5.74) is 5.83. The van der Waals surface area contributed by atoms with Crippen molar-refractivity contribution in [2.24, 2.45) is 14.1 Å². The number of aromatic nitrogens is 2. The summed E-state index contributed by atoms with van der Waals surface area (Å²) >= 11 is 0. The Labute approximate surface area is 313 Å². The second kappa shape index (κ2) is 13.9. The van der Waals surface area contributed by atoms with Gasteiger partial charge >= 0.3 is 12.1 Å². The van der Waals surface area contributed by atoms with Gasteiger partial charge in [-0.1, -0.05) is 20.8 Å². The fraction of sp³-hybridized carbons (Fsp3) is 0.415. The third-order valence-electron chi connectivity index (χ3n) is 10.6. The smallest absolute Gasteiger partial charge is 0.407 e. The molecule has 2 aromatic heterocycles. The number of carbonyl (C=O) groups excluding carboxylic acids is 2. The first-order chi connectivity index (χ1) is 24.5. The highest BCUT2D eigenvalue weighted by Crippen LogP contribution is 2.40. The molecule has 0 unspecified atom stereocenters. The van der Waals surface area contributed by atoms with Crippen molar-refractivity contribution in [3.63, 3.8) is 0 Å². The van der Waals surface area contributed by atoms with Gasteiger partial charge in [0.1, 0.15) is 23.1 Å². The van der Waals surface area contributed by atoms with Gasteiger partial charge in [-0.25, -0.2) is 9.59 Å². The Kier molecular flexibility index (Phi) is 10.2. The summed E-state index contributed by atoms with van der Waals surface area (Å²) in [5, 5.41) is 19.6. The number of amides is 2. The molecule has 1 aliphatic rings. The lowest BCUT2D eigenvalue weighted by Gasteiger charge is -2.36. The molecule has 0 bridgehead atoms. The Balaban J connectivity index is 1.64. The third kappa shape index (κ3) is 7.62. The summed E-state index contributed by atoms with van der Waals surface area (Å²) in [5.74, 6) is -0.128. The van der Waals surface area contributed by atoms with Crippen LogP contribution in [0.2, 0.25) is 18.1 Å².